The van der Waals surface area contributed by atoms with Crippen LogP contribution in [-0.4, -0.2) is 17.4 Å². The summed E-state index contributed by atoms with van der Waals surface area (Å²) in [5.74, 6) is -0.280. The second kappa shape index (κ2) is 8.59. The molecule has 0 fully saturated rings. The SMILES string of the molecule is CCOCc1ccccc1NC(=O)/C=C/c1ccc([N+](=O)[O-])cc1. The van der Waals surface area contributed by atoms with Crippen molar-refractivity contribution in [1.82, 2.24) is 0 Å². The van der Waals surface area contributed by atoms with E-state index in [0.29, 0.717) is 24.5 Å². The lowest BCUT2D eigenvalue weighted by Crippen LogP contribution is -2.10. The molecular weight excluding hydrogens is 308 g/mol. The van der Waals surface area contributed by atoms with Gasteiger partial charge in [0.25, 0.3) is 5.69 Å². The molecule has 2 aromatic carbocycles. The Kier molecular flexibility index (Phi) is 6.22. The molecule has 24 heavy (non-hydrogen) atoms. The molecule has 0 aromatic heterocycles. The number of nitro groups is 1. The minimum atomic E-state index is -0.463. The minimum absolute atomic E-state index is 0.0152. The maximum Gasteiger partial charge on any atom is 0.269 e. The van der Waals surface area contributed by atoms with Crippen LogP contribution in [0.2, 0.25) is 0 Å². The summed E-state index contributed by atoms with van der Waals surface area (Å²) in [5.41, 5.74) is 2.32. The molecule has 6 nitrogen and oxygen atoms in total. The predicted octanol–water partition coefficient (Wildman–Crippen LogP) is 3.78. The van der Waals surface area contributed by atoms with Gasteiger partial charge >= 0.3 is 0 Å². The van der Waals surface area contributed by atoms with Gasteiger partial charge < -0.3 is 10.1 Å². The van der Waals surface area contributed by atoms with Crippen LogP contribution in [0.5, 0.6) is 0 Å². The van der Waals surface area contributed by atoms with E-state index in [-0.39, 0.29) is 11.6 Å². The highest BCUT2D eigenvalue weighted by Gasteiger charge is 2.05. The lowest BCUT2D eigenvalue weighted by Gasteiger charge is -2.09. The van der Waals surface area contributed by atoms with Gasteiger partial charge in [-0.1, -0.05) is 18.2 Å². The van der Waals surface area contributed by atoms with E-state index in [2.05, 4.69) is 5.32 Å². The van der Waals surface area contributed by atoms with E-state index < -0.39 is 4.92 Å². The standard InChI is InChI=1S/C18H18N2O4/c1-2-24-13-15-5-3-4-6-17(15)19-18(21)12-9-14-7-10-16(11-8-14)20(22)23/h3-12H,2,13H2,1H3,(H,19,21)/b12-9+. The fourth-order valence-corrected chi connectivity index (χ4v) is 2.03. The highest BCUT2D eigenvalue weighted by atomic mass is 16.6. The number of carbonyl (C=O) groups is 1. The number of nitro benzene ring substituents is 1. The van der Waals surface area contributed by atoms with E-state index in [0.717, 1.165) is 5.56 Å². The van der Waals surface area contributed by atoms with Gasteiger partial charge in [0.2, 0.25) is 5.91 Å². The first-order chi connectivity index (χ1) is 11.6. The lowest BCUT2D eigenvalue weighted by atomic mass is 10.1. The number of amides is 1. The van der Waals surface area contributed by atoms with Crippen LogP contribution in [-0.2, 0) is 16.1 Å². The van der Waals surface area contributed by atoms with Gasteiger partial charge in [0.05, 0.1) is 11.5 Å². The van der Waals surface area contributed by atoms with Gasteiger partial charge in [-0.15, -0.1) is 0 Å². The summed E-state index contributed by atoms with van der Waals surface area (Å²) < 4.78 is 5.38. The average Bonchev–Trinajstić information content (AvgIpc) is 2.59. The molecule has 0 spiro atoms. The number of nitrogens with zero attached hydrogens (tertiary/aromatic N) is 1. The Morgan fingerprint density at radius 1 is 1.21 bits per heavy atom. The zero-order chi connectivity index (χ0) is 17.4. The quantitative estimate of drug-likeness (QED) is 0.477. The molecule has 1 amide bonds. The molecule has 0 saturated carbocycles. The number of hydrogen-bond donors (Lipinski definition) is 1. The first kappa shape index (κ1) is 17.4. The van der Waals surface area contributed by atoms with Crippen molar-refractivity contribution in [1.29, 1.82) is 0 Å². The van der Waals surface area contributed by atoms with E-state index in [1.807, 2.05) is 31.2 Å². The maximum atomic E-state index is 12.0. The third-order valence-electron chi connectivity index (χ3n) is 3.27. The Morgan fingerprint density at radius 3 is 2.58 bits per heavy atom. The largest absolute Gasteiger partial charge is 0.377 e. The summed E-state index contributed by atoms with van der Waals surface area (Å²) in [4.78, 5) is 22.2. The number of hydrogen-bond acceptors (Lipinski definition) is 4. The molecule has 0 aliphatic carbocycles. The van der Waals surface area contributed by atoms with Crippen molar-refractivity contribution in [2.75, 3.05) is 11.9 Å². The number of anilines is 1. The number of ether oxygens (including phenoxy) is 1. The third-order valence-corrected chi connectivity index (χ3v) is 3.27. The molecule has 6 heteroatoms. The number of carbonyl (C=O) groups excluding carboxylic acids is 1. The summed E-state index contributed by atoms with van der Waals surface area (Å²) in [6.07, 6.45) is 2.99. The van der Waals surface area contributed by atoms with E-state index in [4.69, 9.17) is 4.74 Å². The predicted molar refractivity (Wildman–Crippen MR) is 92.5 cm³/mol. The molecule has 2 aromatic rings. The van der Waals surface area contributed by atoms with Crippen molar-refractivity contribution in [2.45, 2.75) is 13.5 Å². The molecule has 0 saturated heterocycles. The van der Waals surface area contributed by atoms with Crippen LogP contribution in [0, 0.1) is 10.1 Å². The van der Waals surface area contributed by atoms with Crippen molar-refractivity contribution in [3.05, 3.63) is 75.8 Å². The van der Waals surface area contributed by atoms with Crippen LogP contribution in [0.15, 0.2) is 54.6 Å². The number of rotatable bonds is 7. The normalized spacial score (nSPS) is 10.7. The molecule has 0 aliphatic rings. The Bertz CT molecular complexity index is 739. The summed E-state index contributed by atoms with van der Waals surface area (Å²) in [7, 11) is 0. The zero-order valence-electron chi connectivity index (χ0n) is 13.3. The Labute approximate surface area is 139 Å². The minimum Gasteiger partial charge on any atom is -0.377 e. The van der Waals surface area contributed by atoms with Crippen LogP contribution in [0.4, 0.5) is 11.4 Å². The van der Waals surface area contributed by atoms with Crippen molar-refractivity contribution < 1.29 is 14.5 Å². The number of benzene rings is 2. The van der Waals surface area contributed by atoms with Crippen LogP contribution in [0.25, 0.3) is 6.08 Å². The summed E-state index contributed by atoms with van der Waals surface area (Å²) in [5, 5.41) is 13.4. The molecule has 0 unspecified atom stereocenters. The van der Waals surface area contributed by atoms with Crippen LogP contribution in [0.3, 0.4) is 0 Å². The third kappa shape index (κ3) is 5.03. The van der Waals surface area contributed by atoms with Crippen molar-refractivity contribution in [3.8, 4) is 0 Å². The van der Waals surface area contributed by atoms with Gasteiger partial charge in [0.15, 0.2) is 0 Å². The fourth-order valence-electron chi connectivity index (χ4n) is 2.03. The smallest absolute Gasteiger partial charge is 0.269 e. The van der Waals surface area contributed by atoms with Crippen LogP contribution < -0.4 is 5.32 Å². The first-order valence-corrected chi connectivity index (χ1v) is 7.49. The number of nitrogens with one attached hydrogen (secondary N) is 1. The van der Waals surface area contributed by atoms with Crippen LogP contribution >= 0.6 is 0 Å². The molecule has 0 aliphatic heterocycles. The topological polar surface area (TPSA) is 81.5 Å². The average molecular weight is 326 g/mol. The molecule has 2 rings (SSSR count). The van der Waals surface area contributed by atoms with Gasteiger partial charge in [0, 0.05) is 36.1 Å². The van der Waals surface area contributed by atoms with Crippen LogP contribution in [0.1, 0.15) is 18.1 Å². The zero-order valence-corrected chi connectivity index (χ0v) is 13.3. The number of non-ortho nitro benzene ring substituents is 1. The molecule has 0 bridgehead atoms. The maximum absolute atomic E-state index is 12.0. The molecule has 0 heterocycles. The van der Waals surface area contributed by atoms with E-state index in [1.165, 1.54) is 18.2 Å². The van der Waals surface area contributed by atoms with E-state index in [1.54, 1.807) is 18.2 Å². The Balaban J connectivity index is 2.01. The summed E-state index contributed by atoms with van der Waals surface area (Å²) in [6.45, 7) is 2.94. The Morgan fingerprint density at radius 2 is 1.92 bits per heavy atom. The number of para-hydroxylation sites is 1. The first-order valence-electron chi connectivity index (χ1n) is 7.49. The van der Waals surface area contributed by atoms with E-state index in [9.17, 15) is 14.9 Å². The van der Waals surface area contributed by atoms with Gasteiger partial charge in [0.1, 0.15) is 0 Å². The fraction of sp³-hybridized carbons (Fsp3) is 0.167. The monoisotopic (exact) mass is 326 g/mol. The second-order valence-corrected chi connectivity index (χ2v) is 4.97. The van der Waals surface area contributed by atoms with Gasteiger partial charge in [-0.3, -0.25) is 14.9 Å². The highest BCUT2D eigenvalue weighted by Crippen LogP contribution is 2.17. The second-order valence-electron chi connectivity index (χ2n) is 4.97. The van der Waals surface area contributed by atoms with E-state index >= 15 is 0 Å². The van der Waals surface area contributed by atoms with Crippen molar-refractivity contribution >= 4 is 23.4 Å². The summed E-state index contributed by atoms with van der Waals surface area (Å²) >= 11 is 0. The van der Waals surface area contributed by atoms with Gasteiger partial charge in [-0.05, 0) is 36.8 Å². The molecule has 124 valence electrons. The highest BCUT2D eigenvalue weighted by molar-refractivity contribution is 6.02. The molecule has 1 N–H and O–H groups in total. The van der Waals surface area contributed by atoms with Crippen molar-refractivity contribution in [3.63, 3.8) is 0 Å². The lowest BCUT2D eigenvalue weighted by molar-refractivity contribution is -0.384. The molecular formula is C18H18N2O4. The molecule has 0 atom stereocenters. The van der Waals surface area contributed by atoms with Gasteiger partial charge in [-0.2, -0.15) is 0 Å². The van der Waals surface area contributed by atoms with Gasteiger partial charge in [-0.25, -0.2) is 0 Å². The van der Waals surface area contributed by atoms with Crippen molar-refractivity contribution in [2.24, 2.45) is 0 Å². The molecule has 0 radical (unpaired) electrons. The Hall–Kier alpha value is -2.99. The summed E-state index contributed by atoms with van der Waals surface area (Å²) in [6, 6.07) is 13.4.